The van der Waals surface area contributed by atoms with Gasteiger partial charge in [-0.3, -0.25) is 19.3 Å². The van der Waals surface area contributed by atoms with Crippen molar-refractivity contribution >= 4 is 23.7 Å². The summed E-state index contributed by atoms with van der Waals surface area (Å²) in [5, 5.41) is 2.69. The second-order valence-electron chi connectivity index (χ2n) is 7.86. The molecule has 0 spiro atoms. The molecule has 9 nitrogen and oxygen atoms in total. The normalized spacial score (nSPS) is 13.4. The Morgan fingerprint density at radius 2 is 1.68 bits per heavy atom. The van der Waals surface area contributed by atoms with Gasteiger partial charge in [0, 0.05) is 12.6 Å². The minimum Gasteiger partial charge on any atom is -0.493 e. The van der Waals surface area contributed by atoms with Gasteiger partial charge in [0.05, 0.1) is 30.9 Å². The number of methoxy groups -OCH3 is 2. The van der Waals surface area contributed by atoms with Crippen LogP contribution in [0.15, 0.2) is 36.4 Å². The molecule has 0 radical (unpaired) electrons. The van der Waals surface area contributed by atoms with E-state index in [9.17, 15) is 19.2 Å². The van der Waals surface area contributed by atoms with Crippen LogP contribution in [0.4, 0.5) is 0 Å². The average Bonchev–Trinajstić information content (AvgIpc) is 3.11. The molecule has 0 saturated carbocycles. The maximum atomic E-state index is 12.6. The first kappa shape index (κ1) is 24.8. The van der Waals surface area contributed by atoms with Crippen LogP contribution in [0.25, 0.3) is 0 Å². The quantitative estimate of drug-likeness (QED) is 0.421. The number of nitrogens with one attached hydrogen (secondary N) is 1. The summed E-state index contributed by atoms with van der Waals surface area (Å²) in [7, 11) is 3.11. The largest absolute Gasteiger partial charge is 0.493 e. The van der Waals surface area contributed by atoms with Crippen LogP contribution < -0.4 is 14.8 Å². The van der Waals surface area contributed by atoms with Crippen LogP contribution in [0.3, 0.4) is 0 Å². The third kappa shape index (κ3) is 5.19. The van der Waals surface area contributed by atoms with Crippen molar-refractivity contribution in [3.63, 3.8) is 0 Å². The van der Waals surface area contributed by atoms with E-state index in [1.807, 2.05) is 19.1 Å². The number of nitrogens with zero attached hydrogens (tertiary/aromatic N) is 1. The Morgan fingerprint density at radius 1 is 0.971 bits per heavy atom. The zero-order valence-electron chi connectivity index (χ0n) is 19.7. The van der Waals surface area contributed by atoms with Gasteiger partial charge in [-0.2, -0.15) is 0 Å². The molecule has 2 aromatic carbocycles. The van der Waals surface area contributed by atoms with Crippen LogP contribution in [0.5, 0.6) is 11.5 Å². The van der Waals surface area contributed by atoms with Crippen LogP contribution in [0.1, 0.15) is 56.9 Å². The van der Waals surface area contributed by atoms with E-state index in [0.29, 0.717) is 30.9 Å². The number of hydrogen-bond acceptors (Lipinski definition) is 7. The number of amides is 3. The zero-order valence-corrected chi connectivity index (χ0v) is 19.7. The Labute approximate surface area is 198 Å². The molecule has 0 aromatic heterocycles. The smallest absolute Gasteiger partial charge is 0.338 e. The van der Waals surface area contributed by atoms with Crippen LogP contribution in [-0.4, -0.2) is 62.0 Å². The van der Waals surface area contributed by atoms with E-state index in [0.717, 1.165) is 5.56 Å². The summed E-state index contributed by atoms with van der Waals surface area (Å²) in [5.74, 6) is -0.793. The summed E-state index contributed by atoms with van der Waals surface area (Å²) in [5.41, 5.74) is 1.47. The average molecular weight is 469 g/mol. The molecule has 9 heteroatoms. The van der Waals surface area contributed by atoms with Gasteiger partial charge in [-0.1, -0.05) is 13.0 Å². The van der Waals surface area contributed by atoms with Gasteiger partial charge >= 0.3 is 5.97 Å². The van der Waals surface area contributed by atoms with Crippen molar-refractivity contribution < 1.29 is 33.4 Å². The van der Waals surface area contributed by atoms with Gasteiger partial charge in [0.1, 0.15) is 0 Å². The summed E-state index contributed by atoms with van der Waals surface area (Å²) >= 11 is 0. The maximum Gasteiger partial charge on any atom is 0.338 e. The van der Waals surface area contributed by atoms with Crippen molar-refractivity contribution in [1.82, 2.24) is 10.2 Å². The third-order valence-corrected chi connectivity index (χ3v) is 5.70. The lowest BCUT2D eigenvalue weighted by Crippen LogP contribution is -2.37. The van der Waals surface area contributed by atoms with Crippen molar-refractivity contribution in [1.29, 1.82) is 0 Å². The number of esters is 1. The summed E-state index contributed by atoms with van der Waals surface area (Å²) < 4.78 is 15.5. The number of fused-ring (bicyclic) bond motifs is 1. The fourth-order valence-electron chi connectivity index (χ4n) is 3.62. The first-order chi connectivity index (χ1) is 16.3. The Morgan fingerprint density at radius 3 is 2.35 bits per heavy atom. The molecule has 0 aliphatic carbocycles. The van der Waals surface area contributed by atoms with Gasteiger partial charge in [-0.25, -0.2) is 4.79 Å². The molecule has 1 aliphatic rings. The van der Waals surface area contributed by atoms with Crippen LogP contribution in [0, 0.1) is 0 Å². The van der Waals surface area contributed by atoms with E-state index in [4.69, 9.17) is 14.2 Å². The molecule has 180 valence electrons. The molecule has 3 rings (SSSR count). The van der Waals surface area contributed by atoms with Crippen LogP contribution >= 0.6 is 0 Å². The highest BCUT2D eigenvalue weighted by molar-refractivity contribution is 6.22. The Bertz CT molecular complexity index is 1110. The summed E-state index contributed by atoms with van der Waals surface area (Å²) in [6.07, 6.45) is 1.18. The number of hydrogen-bond donors (Lipinski definition) is 1. The molecule has 1 N–H and O–H groups in total. The molecule has 3 amide bonds. The van der Waals surface area contributed by atoms with E-state index in [1.54, 1.807) is 27.2 Å². The molecular weight excluding hydrogens is 440 g/mol. The minimum absolute atomic E-state index is 0.101. The van der Waals surface area contributed by atoms with Gasteiger partial charge in [0.25, 0.3) is 17.7 Å². The topological polar surface area (TPSA) is 111 Å². The number of imide groups is 1. The first-order valence-electron chi connectivity index (χ1n) is 11.0. The molecule has 34 heavy (non-hydrogen) atoms. The predicted octanol–water partition coefficient (Wildman–Crippen LogP) is 2.61. The molecule has 1 unspecified atom stereocenters. The van der Waals surface area contributed by atoms with Crippen molar-refractivity contribution in [3.05, 3.63) is 58.7 Å². The third-order valence-electron chi connectivity index (χ3n) is 5.70. The number of carbonyl (C=O) groups is 4. The predicted molar refractivity (Wildman–Crippen MR) is 123 cm³/mol. The van der Waals surface area contributed by atoms with E-state index in [1.165, 1.54) is 23.1 Å². The number of rotatable bonds is 10. The fraction of sp³-hybridized carbons (Fsp3) is 0.360. The van der Waals surface area contributed by atoms with Crippen molar-refractivity contribution in [2.24, 2.45) is 0 Å². The summed E-state index contributed by atoms with van der Waals surface area (Å²) in [4.78, 5) is 50.8. The van der Waals surface area contributed by atoms with Crippen LogP contribution in [0.2, 0.25) is 0 Å². The lowest BCUT2D eigenvalue weighted by Gasteiger charge is -2.20. The Hall–Kier alpha value is -3.88. The SMILES string of the molecule is CCC(C)N1C(=O)c2ccc(C(=O)OCC(=O)NCCc3ccc(OC)c(OC)c3)cc2C1=O. The molecule has 0 bridgehead atoms. The highest BCUT2D eigenvalue weighted by atomic mass is 16.5. The molecule has 0 saturated heterocycles. The molecule has 1 heterocycles. The number of benzene rings is 2. The fourth-order valence-corrected chi connectivity index (χ4v) is 3.62. The van der Waals surface area contributed by atoms with Crippen LogP contribution in [-0.2, 0) is 16.0 Å². The van der Waals surface area contributed by atoms with E-state index in [-0.39, 0.29) is 28.6 Å². The first-order valence-corrected chi connectivity index (χ1v) is 11.0. The number of ether oxygens (including phenoxy) is 3. The summed E-state index contributed by atoms with van der Waals surface area (Å²) in [6.45, 7) is 3.55. The van der Waals surface area contributed by atoms with Gasteiger partial charge in [-0.05, 0) is 55.7 Å². The van der Waals surface area contributed by atoms with Crippen molar-refractivity contribution in [2.75, 3.05) is 27.4 Å². The Balaban J connectivity index is 1.52. The van der Waals surface area contributed by atoms with Gasteiger partial charge in [0.15, 0.2) is 18.1 Å². The second kappa shape index (κ2) is 10.8. The second-order valence-corrected chi connectivity index (χ2v) is 7.86. The molecular formula is C25H28N2O7. The Kier molecular flexibility index (Phi) is 7.88. The highest BCUT2D eigenvalue weighted by Crippen LogP contribution is 2.28. The van der Waals surface area contributed by atoms with Crippen molar-refractivity contribution in [2.45, 2.75) is 32.7 Å². The van der Waals surface area contributed by atoms with Gasteiger partial charge in [-0.15, -0.1) is 0 Å². The van der Waals surface area contributed by atoms with Gasteiger partial charge < -0.3 is 19.5 Å². The lowest BCUT2D eigenvalue weighted by molar-refractivity contribution is -0.124. The zero-order chi connectivity index (χ0) is 24.8. The van der Waals surface area contributed by atoms with E-state index < -0.39 is 24.4 Å². The standard InChI is InChI=1S/C25H28N2O7/c1-5-15(2)27-23(29)18-8-7-17(13-19(18)24(27)30)25(31)34-14-22(28)26-11-10-16-6-9-20(32-3)21(12-16)33-4/h6-9,12-13,15H,5,10-11,14H2,1-4H3,(H,26,28). The molecule has 1 atom stereocenters. The van der Waals surface area contributed by atoms with E-state index >= 15 is 0 Å². The minimum atomic E-state index is -0.750. The lowest BCUT2D eigenvalue weighted by atomic mass is 10.1. The highest BCUT2D eigenvalue weighted by Gasteiger charge is 2.38. The molecule has 2 aromatic rings. The summed E-state index contributed by atoms with van der Waals surface area (Å²) in [6, 6.07) is 9.44. The maximum absolute atomic E-state index is 12.6. The monoisotopic (exact) mass is 468 g/mol. The van der Waals surface area contributed by atoms with E-state index in [2.05, 4.69) is 5.32 Å². The molecule has 1 aliphatic heterocycles. The number of carbonyl (C=O) groups excluding carboxylic acids is 4. The van der Waals surface area contributed by atoms with Gasteiger partial charge in [0.2, 0.25) is 0 Å². The molecule has 0 fully saturated rings. The van der Waals surface area contributed by atoms with Crippen molar-refractivity contribution in [3.8, 4) is 11.5 Å².